The Morgan fingerprint density at radius 2 is 1.80 bits per heavy atom. The summed E-state index contributed by atoms with van der Waals surface area (Å²) in [5, 5.41) is 12.7. The number of nitrogens with zero attached hydrogens (tertiary/aromatic N) is 2. The molecular formula is C34H43N3O7. The number of carbonyl (C=O) groups is 4. The lowest BCUT2D eigenvalue weighted by Crippen LogP contribution is -2.58. The zero-order valence-corrected chi connectivity index (χ0v) is 25.3. The first-order chi connectivity index (χ1) is 21.4. The Morgan fingerprint density at radius 1 is 1.02 bits per heavy atom. The largest absolute Gasteiger partial charge is 0.455 e. The fraction of sp³-hybridized carbons (Fsp3) is 0.588. The molecule has 4 aliphatic heterocycles. The van der Waals surface area contributed by atoms with E-state index in [4.69, 9.17) is 9.47 Å². The first-order valence-electron chi connectivity index (χ1n) is 16.1. The van der Waals surface area contributed by atoms with E-state index in [2.05, 4.69) is 5.32 Å². The number of benzene rings is 1. The summed E-state index contributed by atoms with van der Waals surface area (Å²) in [5.41, 5.74) is -0.579. The van der Waals surface area contributed by atoms with Crippen LogP contribution in [0, 0.1) is 11.8 Å². The maximum Gasteiger partial charge on any atom is 0.313 e. The highest BCUT2D eigenvalue weighted by Crippen LogP contribution is 2.56. The van der Waals surface area contributed by atoms with Gasteiger partial charge in [0.2, 0.25) is 17.7 Å². The van der Waals surface area contributed by atoms with Gasteiger partial charge in [-0.3, -0.25) is 19.2 Å². The quantitative estimate of drug-likeness (QED) is 0.391. The summed E-state index contributed by atoms with van der Waals surface area (Å²) in [5.74, 6) is -3.17. The number of amides is 3. The molecule has 1 aliphatic carbocycles. The smallest absolute Gasteiger partial charge is 0.313 e. The number of aliphatic hydroxyl groups excluding tert-OH is 1. The fourth-order valence-electron chi connectivity index (χ4n) is 7.89. The van der Waals surface area contributed by atoms with Crippen molar-refractivity contribution in [2.45, 2.75) is 94.2 Å². The standard InChI is InChI=1S/C34H43N3O7/c1-22-29(23-12-5-2-6-13-23)43-33(42)27-25-17-18-34(44-25)28(27)31(40)37(20-11-21-38)30(34)32(41)36(24-14-7-3-8-15-24)19-10-4-9-16-26(39)35-22/h2,4-6,10,12-13,17-18,22,24-25,27-30,38H,3,7-9,11,14-16,19-21H2,1H3,(H,35,39)/b10-4-/t22-,25+,27-,28-,29+,30+,34-/m0/s1. The summed E-state index contributed by atoms with van der Waals surface area (Å²) in [6.07, 6.45) is 11.9. The number of hydrogen-bond acceptors (Lipinski definition) is 7. The molecule has 236 valence electrons. The van der Waals surface area contributed by atoms with E-state index < -0.39 is 47.7 Å². The number of aliphatic hydroxyl groups is 1. The predicted octanol–water partition coefficient (Wildman–Crippen LogP) is 2.82. The van der Waals surface area contributed by atoms with Gasteiger partial charge in [0, 0.05) is 32.2 Å². The van der Waals surface area contributed by atoms with E-state index in [1.807, 2.05) is 53.5 Å². The molecule has 0 aromatic heterocycles. The topological polar surface area (TPSA) is 125 Å². The summed E-state index contributed by atoms with van der Waals surface area (Å²) in [6.45, 7) is 2.21. The highest BCUT2D eigenvalue weighted by Gasteiger charge is 2.73. The van der Waals surface area contributed by atoms with Crippen molar-refractivity contribution in [3.63, 3.8) is 0 Å². The monoisotopic (exact) mass is 605 g/mol. The molecule has 1 aromatic rings. The van der Waals surface area contributed by atoms with E-state index in [-0.39, 0.29) is 43.3 Å². The molecule has 2 N–H and O–H groups in total. The number of hydrogen-bond donors (Lipinski definition) is 2. The molecule has 1 aromatic carbocycles. The number of nitrogens with one attached hydrogen (secondary N) is 1. The van der Waals surface area contributed by atoms with Crippen LogP contribution in [-0.2, 0) is 28.7 Å². The minimum absolute atomic E-state index is 0.0207. The minimum Gasteiger partial charge on any atom is -0.455 e. The molecule has 2 saturated heterocycles. The number of fused-ring (bicyclic) bond motifs is 2. The Kier molecular flexibility index (Phi) is 8.91. The number of allylic oxidation sites excluding steroid dienone is 1. The molecule has 7 atom stereocenters. The van der Waals surface area contributed by atoms with Crippen molar-refractivity contribution in [1.29, 1.82) is 0 Å². The second-order valence-corrected chi connectivity index (χ2v) is 12.7. The van der Waals surface area contributed by atoms with Crippen LogP contribution in [0.15, 0.2) is 54.6 Å². The molecule has 1 saturated carbocycles. The lowest BCUT2D eigenvalue weighted by molar-refractivity contribution is -0.161. The van der Waals surface area contributed by atoms with Gasteiger partial charge in [0.25, 0.3) is 0 Å². The van der Waals surface area contributed by atoms with Crippen LogP contribution in [-0.4, -0.2) is 88.1 Å². The van der Waals surface area contributed by atoms with E-state index in [1.54, 1.807) is 13.0 Å². The molecule has 10 heteroatoms. The lowest BCUT2D eigenvalue weighted by atomic mass is 9.74. The van der Waals surface area contributed by atoms with Crippen LogP contribution < -0.4 is 5.32 Å². The van der Waals surface area contributed by atoms with E-state index >= 15 is 0 Å². The van der Waals surface area contributed by atoms with Crippen LogP contribution in [0.3, 0.4) is 0 Å². The number of carbonyl (C=O) groups excluding carboxylic acids is 4. The molecule has 0 radical (unpaired) electrons. The van der Waals surface area contributed by atoms with Crippen molar-refractivity contribution in [3.05, 3.63) is 60.2 Å². The Labute approximate surface area is 258 Å². The number of likely N-dealkylation sites (tertiary alicyclic amines) is 1. The van der Waals surface area contributed by atoms with Gasteiger partial charge in [0.05, 0.1) is 18.1 Å². The van der Waals surface area contributed by atoms with Gasteiger partial charge in [-0.2, -0.15) is 0 Å². The van der Waals surface area contributed by atoms with Gasteiger partial charge in [-0.1, -0.05) is 73.9 Å². The second-order valence-electron chi connectivity index (χ2n) is 12.7. The Hall–Kier alpha value is -3.50. The maximum atomic E-state index is 14.7. The van der Waals surface area contributed by atoms with Crippen molar-refractivity contribution in [1.82, 2.24) is 15.1 Å². The molecule has 5 bridgehead atoms. The Balaban J connectivity index is 1.41. The third-order valence-electron chi connectivity index (χ3n) is 9.96. The molecule has 3 fully saturated rings. The van der Waals surface area contributed by atoms with Crippen LogP contribution in [0.5, 0.6) is 0 Å². The zero-order chi connectivity index (χ0) is 30.8. The predicted molar refractivity (Wildman–Crippen MR) is 161 cm³/mol. The maximum absolute atomic E-state index is 14.7. The molecule has 1 spiro atoms. The van der Waals surface area contributed by atoms with E-state index in [0.717, 1.165) is 37.7 Å². The van der Waals surface area contributed by atoms with Gasteiger partial charge in [-0.05, 0) is 38.2 Å². The Bertz CT molecular complexity index is 1310. The molecule has 4 heterocycles. The number of esters is 1. The van der Waals surface area contributed by atoms with Crippen molar-refractivity contribution in [2.75, 3.05) is 19.7 Å². The number of rotatable bonds is 5. The van der Waals surface area contributed by atoms with Crippen LogP contribution in [0.2, 0.25) is 0 Å². The molecule has 0 unspecified atom stereocenters. The van der Waals surface area contributed by atoms with Crippen molar-refractivity contribution in [3.8, 4) is 0 Å². The second kappa shape index (κ2) is 12.9. The average molecular weight is 606 g/mol. The summed E-state index contributed by atoms with van der Waals surface area (Å²) in [4.78, 5) is 59.4. The van der Waals surface area contributed by atoms with Gasteiger partial charge in [-0.15, -0.1) is 0 Å². The molecule has 3 amide bonds. The lowest BCUT2D eigenvalue weighted by Gasteiger charge is -2.40. The van der Waals surface area contributed by atoms with Gasteiger partial charge in [-0.25, -0.2) is 0 Å². The number of cyclic esters (lactones) is 1. The van der Waals surface area contributed by atoms with Gasteiger partial charge < -0.3 is 29.7 Å². The molecular weight excluding hydrogens is 562 g/mol. The molecule has 10 nitrogen and oxygen atoms in total. The average Bonchev–Trinajstić information content (AvgIpc) is 3.67. The zero-order valence-electron chi connectivity index (χ0n) is 25.3. The van der Waals surface area contributed by atoms with Crippen LogP contribution in [0.25, 0.3) is 0 Å². The molecule has 5 aliphatic rings. The Morgan fingerprint density at radius 3 is 2.55 bits per heavy atom. The molecule has 44 heavy (non-hydrogen) atoms. The first-order valence-corrected chi connectivity index (χ1v) is 16.1. The van der Waals surface area contributed by atoms with Gasteiger partial charge >= 0.3 is 5.97 Å². The van der Waals surface area contributed by atoms with E-state index in [1.165, 1.54) is 4.90 Å². The highest BCUT2D eigenvalue weighted by molar-refractivity contribution is 5.99. The highest BCUT2D eigenvalue weighted by atomic mass is 16.6. The minimum atomic E-state index is -1.30. The summed E-state index contributed by atoms with van der Waals surface area (Å²) < 4.78 is 12.7. The summed E-state index contributed by atoms with van der Waals surface area (Å²) >= 11 is 0. The van der Waals surface area contributed by atoms with Gasteiger partial charge in [0.15, 0.2) is 0 Å². The number of ether oxygens (including phenoxy) is 2. The summed E-state index contributed by atoms with van der Waals surface area (Å²) in [7, 11) is 0. The van der Waals surface area contributed by atoms with Crippen molar-refractivity contribution >= 4 is 23.7 Å². The van der Waals surface area contributed by atoms with Crippen molar-refractivity contribution < 1.29 is 33.8 Å². The normalized spacial score (nSPS) is 35.5. The molecule has 6 rings (SSSR count). The van der Waals surface area contributed by atoms with Gasteiger partial charge in [0.1, 0.15) is 23.7 Å². The van der Waals surface area contributed by atoms with Crippen LogP contribution >= 0.6 is 0 Å². The van der Waals surface area contributed by atoms with Crippen LogP contribution in [0.1, 0.15) is 70.0 Å². The summed E-state index contributed by atoms with van der Waals surface area (Å²) in [6, 6.07) is 7.77. The van der Waals surface area contributed by atoms with Crippen LogP contribution in [0.4, 0.5) is 0 Å². The third-order valence-corrected chi connectivity index (χ3v) is 9.96. The van der Waals surface area contributed by atoms with E-state index in [9.17, 15) is 24.3 Å². The SMILES string of the molecule is C[C@@H]1NC(=O)CC/C=C\CN(C2CCCCC2)C(=O)[C@H]2N(CCCO)C(=O)[C@@H]3[C@@H](C(=O)O[C@H]1c1ccccc1)[C@H]1C=C[C@]32O1. The third kappa shape index (κ3) is 5.47. The first kappa shape index (κ1) is 30.5. The fourth-order valence-corrected chi connectivity index (χ4v) is 7.89. The van der Waals surface area contributed by atoms with E-state index in [0.29, 0.717) is 19.4 Å². The van der Waals surface area contributed by atoms with Crippen molar-refractivity contribution in [2.24, 2.45) is 11.8 Å².